The number of carbonyl (C=O) groups excluding carboxylic acids is 2. The highest BCUT2D eigenvalue weighted by Gasteiger charge is 2.50. The van der Waals surface area contributed by atoms with Crippen LogP contribution >= 0.6 is 0 Å². The average molecular weight is 731 g/mol. The van der Waals surface area contributed by atoms with Crippen LogP contribution in [0.2, 0.25) is 0 Å². The van der Waals surface area contributed by atoms with Crippen molar-refractivity contribution in [1.29, 1.82) is 0 Å². The lowest BCUT2D eigenvalue weighted by Crippen LogP contribution is -2.49. The Morgan fingerprint density at radius 3 is 1.25 bits per heavy atom. The molecule has 290 valence electrons. The van der Waals surface area contributed by atoms with Crippen molar-refractivity contribution < 1.29 is 28.4 Å². The highest BCUT2D eigenvalue weighted by molar-refractivity contribution is 6.18. The van der Waals surface area contributed by atoms with Gasteiger partial charge in [0.1, 0.15) is 12.5 Å². The molecule has 6 aliphatic carbocycles. The summed E-state index contributed by atoms with van der Waals surface area (Å²) in [5.41, 5.74) is 16.9. The van der Waals surface area contributed by atoms with E-state index in [4.69, 9.17) is 30.2 Å². The number of rotatable bonds is 20. The van der Waals surface area contributed by atoms with E-state index < -0.39 is 12.5 Å². The van der Waals surface area contributed by atoms with E-state index in [1.807, 2.05) is 14.2 Å². The van der Waals surface area contributed by atoms with E-state index in [9.17, 15) is 9.59 Å². The van der Waals surface area contributed by atoms with Crippen molar-refractivity contribution in [1.82, 2.24) is 10.6 Å². The van der Waals surface area contributed by atoms with Crippen molar-refractivity contribution in [2.45, 2.75) is 150 Å². The maximum Gasteiger partial charge on any atom is 0.441 e. The first kappa shape index (κ1) is 39.9. The highest BCUT2D eigenvalue weighted by atomic mass is 16.6. The summed E-state index contributed by atoms with van der Waals surface area (Å²) in [6.45, 7) is 0.966. The Labute approximate surface area is 317 Å². The molecule has 2 atom stereocenters. The lowest BCUT2D eigenvalue weighted by Gasteiger charge is -2.53. The van der Waals surface area contributed by atoms with Gasteiger partial charge in [0.05, 0.1) is 24.0 Å². The lowest BCUT2D eigenvalue weighted by atomic mass is 9.56. The number of benzene rings is 2. The van der Waals surface area contributed by atoms with Gasteiger partial charge in [0.15, 0.2) is 0 Å². The van der Waals surface area contributed by atoms with E-state index in [-0.39, 0.29) is 54.4 Å². The first-order valence-electron chi connectivity index (χ1n) is 20.2. The average Bonchev–Trinajstić information content (AvgIpc) is 3.20. The van der Waals surface area contributed by atoms with E-state index in [0.29, 0.717) is 38.8 Å². The molecule has 6 N–H and O–H groups in total. The topological polar surface area (TPSA) is 147 Å². The summed E-state index contributed by atoms with van der Waals surface area (Å²) in [6, 6.07) is 17.2. The molecule has 0 aliphatic heterocycles. The van der Waals surface area contributed by atoms with Gasteiger partial charge in [-0.3, -0.25) is 9.59 Å². The molecule has 2 amide bonds. The Hall–Kier alpha value is -2.80. The zero-order chi connectivity index (χ0) is 37.4. The minimum Gasteiger partial charge on any atom is -0.393 e. The van der Waals surface area contributed by atoms with Crippen molar-refractivity contribution in [3.63, 3.8) is 0 Å². The quantitative estimate of drug-likeness (QED) is 0.109. The summed E-state index contributed by atoms with van der Waals surface area (Å²) in [5, 5.41) is 6.04. The summed E-state index contributed by atoms with van der Waals surface area (Å²) < 4.78 is 23.8. The Morgan fingerprint density at radius 1 is 0.604 bits per heavy atom. The summed E-state index contributed by atoms with van der Waals surface area (Å²) in [7, 11) is 3.62. The maximum absolute atomic E-state index is 13.1. The number of fused-ring (bicyclic) bond motifs is 6. The molecule has 11 heteroatoms. The molecule has 2 aromatic carbocycles. The second kappa shape index (κ2) is 17.8. The number of amides is 2. The van der Waals surface area contributed by atoms with Crippen LogP contribution in [0.1, 0.15) is 125 Å². The second-order valence-corrected chi connectivity index (χ2v) is 16.5. The van der Waals surface area contributed by atoms with Crippen molar-refractivity contribution in [2.24, 2.45) is 11.5 Å². The molecule has 8 rings (SSSR count). The van der Waals surface area contributed by atoms with Gasteiger partial charge in [-0.05, 0) is 149 Å². The van der Waals surface area contributed by atoms with Gasteiger partial charge in [0.25, 0.3) is 0 Å². The molecule has 0 aromatic heterocycles. The van der Waals surface area contributed by atoms with Crippen LogP contribution in [0.5, 0.6) is 0 Å². The SMILES string of the molecule is COC12CCC(c3ccc(CC(=O)NC(CCCN)OBOC(CCCN)NC(=O)Cc4ccc(C56CCC(OC)(CC5)CC6)cc4)cc3)(CC1)CC2. The van der Waals surface area contributed by atoms with Crippen LogP contribution in [0.15, 0.2) is 48.5 Å². The molecule has 6 fully saturated rings. The Kier molecular flexibility index (Phi) is 13.4. The van der Waals surface area contributed by atoms with E-state index in [2.05, 4.69) is 59.2 Å². The van der Waals surface area contributed by atoms with Crippen LogP contribution in [0.3, 0.4) is 0 Å². The maximum atomic E-state index is 13.1. The first-order valence-corrected chi connectivity index (χ1v) is 20.2. The number of methoxy groups -OCH3 is 2. The molecular formula is C42H63BN4O6. The fourth-order valence-corrected chi connectivity index (χ4v) is 9.77. The van der Waals surface area contributed by atoms with Gasteiger partial charge in [0.2, 0.25) is 11.8 Å². The molecule has 2 aromatic rings. The molecule has 0 heterocycles. The molecule has 10 nitrogen and oxygen atoms in total. The number of ether oxygens (including phenoxy) is 2. The van der Waals surface area contributed by atoms with Gasteiger partial charge >= 0.3 is 7.69 Å². The zero-order valence-corrected chi connectivity index (χ0v) is 32.2. The third-order valence-corrected chi connectivity index (χ3v) is 13.6. The molecule has 0 radical (unpaired) electrons. The van der Waals surface area contributed by atoms with Gasteiger partial charge in [-0.25, -0.2) is 0 Å². The molecule has 0 spiro atoms. The molecule has 2 unspecified atom stereocenters. The third kappa shape index (κ3) is 9.54. The van der Waals surface area contributed by atoms with Gasteiger partial charge < -0.3 is 40.9 Å². The number of nitrogens with two attached hydrogens (primary N) is 2. The fourth-order valence-electron chi connectivity index (χ4n) is 9.77. The molecule has 53 heavy (non-hydrogen) atoms. The van der Waals surface area contributed by atoms with Crippen molar-refractivity contribution in [3.8, 4) is 0 Å². The molecule has 0 saturated heterocycles. The number of hydrogen-bond donors (Lipinski definition) is 4. The van der Waals surface area contributed by atoms with Crippen molar-refractivity contribution in [3.05, 3.63) is 70.8 Å². The van der Waals surface area contributed by atoms with Crippen LogP contribution in [0.25, 0.3) is 0 Å². The predicted molar refractivity (Wildman–Crippen MR) is 208 cm³/mol. The van der Waals surface area contributed by atoms with Crippen LogP contribution in [0, 0.1) is 0 Å². The standard InChI is InChI=1S/C42H63BN4O6/c1-50-41-21-15-39(16-22-41,17-23-41)33-11-7-31(8-12-33)29-35(48)46-37(5-3-27-44)52-43-53-38(6-4-28-45)47-36(49)30-32-9-13-34(14-10-32)40-18-24-42(51-2,25-19-40)26-20-40/h7-14,37-38,43H,3-6,15-30,44-45H2,1-2H3,(H,46,48)(H,47,49). The van der Waals surface area contributed by atoms with Gasteiger partial charge in [0, 0.05) is 14.2 Å². The minimum absolute atomic E-state index is 0.0868. The van der Waals surface area contributed by atoms with E-state index >= 15 is 0 Å². The smallest absolute Gasteiger partial charge is 0.393 e. The minimum atomic E-state index is -0.558. The summed E-state index contributed by atoms with van der Waals surface area (Å²) in [5.74, 6) is -0.237. The summed E-state index contributed by atoms with van der Waals surface area (Å²) >= 11 is 0. The summed E-state index contributed by atoms with van der Waals surface area (Å²) in [6.07, 6.45) is 15.5. The Balaban J connectivity index is 0.960. The van der Waals surface area contributed by atoms with Gasteiger partial charge in [-0.1, -0.05) is 48.5 Å². The van der Waals surface area contributed by atoms with Crippen LogP contribution in [-0.2, 0) is 52.0 Å². The first-order chi connectivity index (χ1) is 25.7. The number of hydrogen-bond acceptors (Lipinski definition) is 8. The zero-order valence-electron chi connectivity index (χ0n) is 32.2. The van der Waals surface area contributed by atoms with Gasteiger partial charge in [-0.15, -0.1) is 0 Å². The fraction of sp³-hybridized carbons (Fsp3) is 0.667. The van der Waals surface area contributed by atoms with Gasteiger partial charge in [-0.2, -0.15) is 0 Å². The molecule has 6 saturated carbocycles. The molecule has 6 aliphatic rings. The monoisotopic (exact) mass is 730 g/mol. The van der Waals surface area contributed by atoms with E-state index in [0.717, 1.165) is 88.2 Å². The van der Waals surface area contributed by atoms with Crippen LogP contribution in [-0.4, -0.2) is 70.5 Å². The normalized spacial score (nSPS) is 28.7. The molecular weight excluding hydrogens is 667 g/mol. The van der Waals surface area contributed by atoms with Crippen LogP contribution < -0.4 is 22.1 Å². The van der Waals surface area contributed by atoms with Crippen LogP contribution in [0.4, 0.5) is 0 Å². The van der Waals surface area contributed by atoms with E-state index in [1.54, 1.807) is 0 Å². The number of carbonyl (C=O) groups is 2. The lowest BCUT2D eigenvalue weighted by molar-refractivity contribution is -0.123. The summed E-state index contributed by atoms with van der Waals surface area (Å²) in [4.78, 5) is 26.3. The Bertz CT molecular complexity index is 1340. The highest BCUT2D eigenvalue weighted by Crippen LogP contribution is 2.56. The third-order valence-electron chi connectivity index (χ3n) is 13.6. The second-order valence-electron chi connectivity index (χ2n) is 16.5. The Morgan fingerprint density at radius 2 is 0.943 bits per heavy atom. The van der Waals surface area contributed by atoms with Crippen molar-refractivity contribution in [2.75, 3.05) is 27.3 Å². The largest absolute Gasteiger partial charge is 0.441 e. The van der Waals surface area contributed by atoms with Crippen molar-refractivity contribution >= 4 is 19.5 Å². The predicted octanol–water partition coefficient (Wildman–Crippen LogP) is 5.12. The van der Waals surface area contributed by atoms with E-state index in [1.165, 1.54) is 11.1 Å². The molecule has 4 bridgehead atoms. The number of nitrogens with one attached hydrogen (secondary N) is 2.